The third-order valence-electron chi connectivity index (χ3n) is 2.70. The molecule has 0 saturated carbocycles. The minimum Gasteiger partial charge on any atom is -0.351 e. The summed E-state index contributed by atoms with van der Waals surface area (Å²) in [6.07, 6.45) is 0. The summed E-state index contributed by atoms with van der Waals surface area (Å²) in [6, 6.07) is 5.64. The third-order valence-corrected chi connectivity index (χ3v) is 2.70. The molecule has 1 aromatic carbocycles. The molecule has 0 spiro atoms. The van der Waals surface area contributed by atoms with E-state index in [1.54, 1.807) is 0 Å². The van der Waals surface area contributed by atoms with Crippen molar-refractivity contribution in [2.45, 2.75) is 6.54 Å². The molecule has 1 saturated heterocycles. The van der Waals surface area contributed by atoms with Gasteiger partial charge < -0.3 is 10.6 Å². The Morgan fingerprint density at radius 3 is 2.56 bits per heavy atom. The average Bonchev–Trinajstić information content (AvgIpc) is 2.69. The van der Waals surface area contributed by atoms with Crippen molar-refractivity contribution >= 4 is 17.6 Å². The first-order chi connectivity index (χ1) is 8.58. The molecular weight excluding hydrogens is 239 g/mol. The molecule has 1 fully saturated rings. The Balaban J connectivity index is 1.91. The Labute approximate surface area is 102 Å². The van der Waals surface area contributed by atoms with Crippen LogP contribution in [0.25, 0.3) is 0 Å². The van der Waals surface area contributed by atoms with Crippen LogP contribution in [0.2, 0.25) is 0 Å². The standard InChI is InChI=1S/C12H11FN2O3/c13-8-3-1-7(2-4-8)5-14-11(17)9-6-15-12(18)10(9)16/h1-4,9H,5-6H2,(H,14,17)(H,15,18). The number of hydrogen-bond donors (Lipinski definition) is 2. The summed E-state index contributed by atoms with van der Waals surface area (Å²) in [4.78, 5) is 33.8. The number of Topliss-reactive ketones (excluding diaryl/α,β-unsaturated/α-hetero) is 1. The highest BCUT2D eigenvalue weighted by Gasteiger charge is 2.37. The molecule has 1 aliphatic rings. The van der Waals surface area contributed by atoms with Crippen LogP contribution in [0.3, 0.4) is 0 Å². The smallest absolute Gasteiger partial charge is 0.288 e. The van der Waals surface area contributed by atoms with Gasteiger partial charge in [0, 0.05) is 13.1 Å². The van der Waals surface area contributed by atoms with Crippen molar-refractivity contribution in [1.82, 2.24) is 10.6 Å². The maximum absolute atomic E-state index is 12.6. The first kappa shape index (κ1) is 12.2. The van der Waals surface area contributed by atoms with Crippen LogP contribution >= 0.6 is 0 Å². The molecule has 0 aliphatic carbocycles. The van der Waals surface area contributed by atoms with Crippen LogP contribution in [0.1, 0.15) is 5.56 Å². The van der Waals surface area contributed by atoms with Crippen molar-refractivity contribution in [3.8, 4) is 0 Å². The van der Waals surface area contributed by atoms with Gasteiger partial charge in [-0.3, -0.25) is 14.4 Å². The zero-order chi connectivity index (χ0) is 13.1. The van der Waals surface area contributed by atoms with E-state index >= 15 is 0 Å². The van der Waals surface area contributed by atoms with Crippen molar-refractivity contribution < 1.29 is 18.8 Å². The molecule has 1 atom stereocenters. The number of carbonyl (C=O) groups is 3. The van der Waals surface area contributed by atoms with Gasteiger partial charge in [0.25, 0.3) is 5.91 Å². The van der Waals surface area contributed by atoms with Crippen LogP contribution in [-0.4, -0.2) is 24.1 Å². The molecule has 18 heavy (non-hydrogen) atoms. The lowest BCUT2D eigenvalue weighted by atomic mass is 10.1. The molecule has 2 N–H and O–H groups in total. The van der Waals surface area contributed by atoms with Gasteiger partial charge in [-0.1, -0.05) is 12.1 Å². The minimum absolute atomic E-state index is 0.0346. The Hall–Kier alpha value is -2.24. The van der Waals surface area contributed by atoms with E-state index < -0.39 is 23.5 Å². The number of ketones is 1. The first-order valence-corrected chi connectivity index (χ1v) is 5.42. The molecule has 5 nitrogen and oxygen atoms in total. The van der Waals surface area contributed by atoms with E-state index in [0.29, 0.717) is 0 Å². The highest BCUT2D eigenvalue weighted by molar-refractivity contribution is 6.42. The largest absolute Gasteiger partial charge is 0.351 e. The average molecular weight is 250 g/mol. The van der Waals surface area contributed by atoms with Crippen LogP contribution in [0.5, 0.6) is 0 Å². The van der Waals surface area contributed by atoms with E-state index in [0.717, 1.165) is 5.56 Å². The second-order valence-corrected chi connectivity index (χ2v) is 3.97. The number of hydrogen-bond acceptors (Lipinski definition) is 3. The molecule has 1 unspecified atom stereocenters. The quantitative estimate of drug-likeness (QED) is 0.574. The van der Waals surface area contributed by atoms with Crippen molar-refractivity contribution in [2.75, 3.05) is 6.54 Å². The topological polar surface area (TPSA) is 75.3 Å². The molecule has 0 bridgehead atoms. The van der Waals surface area contributed by atoms with Gasteiger partial charge in [0.05, 0.1) is 0 Å². The summed E-state index contributed by atoms with van der Waals surface area (Å²) in [5, 5.41) is 4.84. The minimum atomic E-state index is -0.960. The fourth-order valence-electron chi connectivity index (χ4n) is 1.66. The van der Waals surface area contributed by atoms with Crippen LogP contribution < -0.4 is 10.6 Å². The van der Waals surface area contributed by atoms with Crippen molar-refractivity contribution in [2.24, 2.45) is 5.92 Å². The maximum atomic E-state index is 12.6. The van der Waals surface area contributed by atoms with Gasteiger partial charge in [0.1, 0.15) is 11.7 Å². The van der Waals surface area contributed by atoms with Crippen molar-refractivity contribution in [1.29, 1.82) is 0 Å². The Kier molecular flexibility index (Phi) is 3.36. The lowest BCUT2D eigenvalue weighted by molar-refractivity contribution is -0.139. The third kappa shape index (κ3) is 2.53. The number of nitrogens with one attached hydrogen (secondary N) is 2. The Morgan fingerprint density at radius 1 is 1.33 bits per heavy atom. The summed E-state index contributed by atoms with van der Waals surface area (Å²) >= 11 is 0. The highest BCUT2D eigenvalue weighted by Crippen LogP contribution is 2.06. The van der Waals surface area contributed by atoms with Crippen LogP contribution in [0, 0.1) is 11.7 Å². The lowest BCUT2D eigenvalue weighted by Gasteiger charge is -2.08. The number of rotatable bonds is 3. The fraction of sp³-hybridized carbons (Fsp3) is 0.250. The Morgan fingerprint density at radius 2 is 2.00 bits per heavy atom. The summed E-state index contributed by atoms with van der Waals surface area (Å²) < 4.78 is 12.6. The van der Waals surface area contributed by atoms with Crippen molar-refractivity contribution in [3.63, 3.8) is 0 Å². The molecule has 94 valence electrons. The number of amides is 2. The van der Waals surface area contributed by atoms with Gasteiger partial charge in [0.15, 0.2) is 0 Å². The molecular formula is C12H11FN2O3. The molecule has 1 heterocycles. The highest BCUT2D eigenvalue weighted by atomic mass is 19.1. The summed E-state index contributed by atoms with van der Waals surface area (Å²) in [6.45, 7) is 0.226. The van der Waals surface area contributed by atoms with E-state index in [9.17, 15) is 18.8 Å². The lowest BCUT2D eigenvalue weighted by Crippen LogP contribution is -2.35. The summed E-state index contributed by atoms with van der Waals surface area (Å²) in [5.41, 5.74) is 0.717. The number of halogens is 1. The normalized spacial score (nSPS) is 18.6. The predicted molar refractivity (Wildman–Crippen MR) is 59.8 cm³/mol. The van der Waals surface area contributed by atoms with Gasteiger partial charge in [-0.2, -0.15) is 0 Å². The number of carbonyl (C=O) groups excluding carboxylic acids is 3. The van der Waals surface area contributed by atoms with E-state index in [-0.39, 0.29) is 18.9 Å². The van der Waals surface area contributed by atoms with E-state index in [2.05, 4.69) is 10.6 Å². The van der Waals surface area contributed by atoms with Crippen LogP contribution in [0.4, 0.5) is 4.39 Å². The molecule has 0 aromatic heterocycles. The second kappa shape index (κ2) is 4.95. The Bertz CT molecular complexity index is 499. The second-order valence-electron chi connectivity index (χ2n) is 3.97. The molecule has 2 rings (SSSR count). The monoisotopic (exact) mass is 250 g/mol. The van der Waals surface area contributed by atoms with E-state index in [1.807, 2.05) is 0 Å². The van der Waals surface area contributed by atoms with E-state index in [4.69, 9.17) is 0 Å². The zero-order valence-corrected chi connectivity index (χ0v) is 9.40. The molecule has 1 aromatic rings. The number of benzene rings is 1. The van der Waals surface area contributed by atoms with Crippen LogP contribution in [-0.2, 0) is 20.9 Å². The van der Waals surface area contributed by atoms with Gasteiger partial charge in [0.2, 0.25) is 11.7 Å². The predicted octanol–water partition coefficient (Wildman–Crippen LogP) is -0.243. The zero-order valence-electron chi connectivity index (χ0n) is 9.40. The summed E-state index contributed by atoms with van der Waals surface area (Å²) in [7, 11) is 0. The first-order valence-electron chi connectivity index (χ1n) is 5.42. The molecule has 0 radical (unpaired) electrons. The molecule has 1 aliphatic heterocycles. The fourth-order valence-corrected chi connectivity index (χ4v) is 1.66. The SMILES string of the molecule is O=C1NCC(C(=O)NCc2ccc(F)cc2)C1=O. The maximum Gasteiger partial charge on any atom is 0.288 e. The van der Waals surface area contributed by atoms with Gasteiger partial charge in [-0.05, 0) is 17.7 Å². The molecule has 6 heteroatoms. The summed E-state index contributed by atoms with van der Waals surface area (Å²) in [5.74, 6) is -3.25. The van der Waals surface area contributed by atoms with Crippen molar-refractivity contribution in [3.05, 3.63) is 35.6 Å². The van der Waals surface area contributed by atoms with Gasteiger partial charge in [-0.15, -0.1) is 0 Å². The van der Waals surface area contributed by atoms with Gasteiger partial charge in [-0.25, -0.2) is 4.39 Å². The van der Waals surface area contributed by atoms with Crippen LogP contribution in [0.15, 0.2) is 24.3 Å². The van der Waals surface area contributed by atoms with Gasteiger partial charge >= 0.3 is 0 Å². The van der Waals surface area contributed by atoms with E-state index in [1.165, 1.54) is 24.3 Å². The molecule has 2 amide bonds.